The number of nitrogens with zero attached hydrogens (tertiary/aromatic N) is 1. The topological polar surface area (TPSA) is 62.6 Å². The molecule has 1 fully saturated rings. The predicted octanol–water partition coefficient (Wildman–Crippen LogP) is 3.10. The van der Waals surface area contributed by atoms with Crippen LogP contribution >= 0.6 is 23.7 Å². The van der Waals surface area contributed by atoms with E-state index in [2.05, 4.69) is 16.8 Å². The molecule has 1 saturated heterocycles. The highest BCUT2D eigenvalue weighted by molar-refractivity contribution is 7.10. The average Bonchev–Trinajstić information content (AvgIpc) is 3.09. The molecule has 2 aliphatic heterocycles. The number of fused-ring (bicyclic) bond motifs is 1. The maximum absolute atomic E-state index is 12.9. The van der Waals surface area contributed by atoms with Crippen LogP contribution in [0.1, 0.15) is 50.9 Å². The Kier molecular flexibility index (Phi) is 5.85. The number of rotatable bonds is 2. The molecule has 0 unspecified atom stereocenters. The predicted molar refractivity (Wildman–Crippen MR) is 105 cm³/mol. The highest BCUT2D eigenvalue weighted by Gasteiger charge is 2.28. The molecule has 1 N–H and O–H groups in total. The van der Waals surface area contributed by atoms with E-state index in [1.165, 1.54) is 10.4 Å². The smallest absolute Gasteiger partial charge is 0.349 e. The van der Waals surface area contributed by atoms with Gasteiger partial charge in [-0.05, 0) is 67.9 Å². The minimum atomic E-state index is -0.491. The molecule has 0 saturated carbocycles. The lowest BCUT2D eigenvalue weighted by atomic mass is 9.94. The molecule has 4 rings (SSSR count). The van der Waals surface area contributed by atoms with Gasteiger partial charge >= 0.3 is 5.63 Å². The van der Waals surface area contributed by atoms with Gasteiger partial charge in [0.15, 0.2) is 0 Å². The SMILES string of the molecule is Cc1cc(C2CCNCC2)oc(=O)c1C(=O)N1CCc2sccc2C1.Cl. The van der Waals surface area contributed by atoms with E-state index in [-0.39, 0.29) is 29.8 Å². The molecule has 140 valence electrons. The van der Waals surface area contributed by atoms with Crippen molar-refractivity contribution in [3.8, 4) is 0 Å². The van der Waals surface area contributed by atoms with Crippen molar-refractivity contribution in [1.29, 1.82) is 0 Å². The van der Waals surface area contributed by atoms with Crippen molar-refractivity contribution in [1.82, 2.24) is 10.2 Å². The number of carbonyl (C=O) groups is 1. The van der Waals surface area contributed by atoms with E-state index < -0.39 is 5.63 Å². The van der Waals surface area contributed by atoms with Crippen molar-refractivity contribution in [2.45, 2.75) is 38.6 Å². The van der Waals surface area contributed by atoms with Gasteiger partial charge in [0, 0.05) is 23.9 Å². The van der Waals surface area contributed by atoms with Crippen molar-refractivity contribution >= 4 is 29.7 Å². The van der Waals surface area contributed by atoms with E-state index in [4.69, 9.17) is 4.42 Å². The summed E-state index contributed by atoms with van der Waals surface area (Å²) in [4.78, 5) is 28.6. The largest absolute Gasteiger partial charge is 0.427 e. The van der Waals surface area contributed by atoms with E-state index >= 15 is 0 Å². The number of hydrogen-bond acceptors (Lipinski definition) is 5. The first-order valence-electron chi connectivity index (χ1n) is 8.83. The first-order valence-corrected chi connectivity index (χ1v) is 9.71. The maximum Gasteiger partial charge on any atom is 0.349 e. The van der Waals surface area contributed by atoms with Gasteiger partial charge in [0.25, 0.3) is 5.91 Å². The second-order valence-electron chi connectivity index (χ2n) is 6.86. The highest BCUT2D eigenvalue weighted by atomic mass is 35.5. The van der Waals surface area contributed by atoms with Crippen LogP contribution in [0.15, 0.2) is 26.7 Å². The van der Waals surface area contributed by atoms with Gasteiger partial charge in [-0.2, -0.15) is 0 Å². The molecular weight excluding hydrogens is 372 g/mol. The Morgan fingerprint density at radius 2 is 2.12 bits per heavy atom. The van der Waals surface area contributed by atoms with Crippen molar-refractivity contribution in [2.24, 2.45) is 0 Å². The molecule has 0 radical (unpaired) electrons. The van der Waals surface area contributed by atoms with Crippen LogP contribution in [0, 0.1) is 6.92 Å². The number of nitrogens with one attached hydrogen (secondary N) is 1. The zero-order valence-corrected chi connectivity index (χ0v) is 16.4. The molecule has 26 heavy (non-hydrogen) atoms. The molecule has 7 heteroatoms. The fourth-order valence-corrected chi connectivity index (χ4v) is 4.67. The maximum atomic E-state index is 12.9. The Bertz CT molecular complexity index is 855. The van der Waals surface area contributed by atoms with Gasteiger partial charge in [-0.25, -0.2) is 4.79 Å². The van der Waals surface area contributed by atoms with Crippen LogP contribution in [0.4, 0.5) is 0 Å². The summed E-state index contributed by atoms with van der Waals surface area (Å²) in [7, 11) is 0. The zero-order chi connectivity index (χ0) is 17.4. The number of carbonyl (C=O) groups excluding carboxylic acids is 1. The van der Waals surface area contributed by atoms with E-state index in [1.54, 1.807) is 16.2 Å². The molecule has 0 spiro atoms. The summed E-state index contributed by atoms with van der Waals surface area (Å²) < 4.78 is 5.57. The second kappa shape index (κ2) is 7.94. The Labute approximate surface area is 162 Å². The number of thiophene rings is 1. The Balaban J connectivity index is 0.00000196. The molecule has 0 bridgehead atoms. The molecule has 0 aliphatic carbocycles. The fraction of sp³-hybridized carbons (Fsp3) is 0.474. The lowest BCUT2D eigenvalue weighted by Gasteiger charge is -2.27. The number of piperidine rings is 1. The second-order valence-corrected chi connectivity index (χ2v) is 7.86. The van der Waals surface area contributed by atoms with Crippen molar-refractivity contribution in [2.75, 3.05) is 19.6 Å². The Morgan fingerprint density at radius 1 is 1.35 bits per heavy atom. The van der Waals surface area contributed by atoms with E-state index in [0.29, 0.717) is 13.1 Å². The summed E-state index contributed by atoms with van der Waals surface area (Å²) in [5.41, 5.74) is 1.62. The molecular formula is C19H23ClN2O3S. The van der Waals surface area contributed by atoms with Crippen LogP contribution in [0.5, 0.6) is 0 Å². The van der Waals surface area contributed by atoms with Gasteiger partial charge in [0.1, 0.15) is 11.3 Å². The van der Waals surface area contributed by atoms with Crippen LogP contribution in [0.25, 0.3) is 0 Å². The average molecular weight is 395 g/mol. The standard InChI is InChI=1S/C19H22N2O3S.ClH/c1-12-10-15(13-2-6-20-7-3-13)24-19(23)17(12)18(22)21-8-4-16-14(11-21)5-9-25-16;/h5,9-10,13,20H,2-4,6-8,11H2,1H3;1H. The molecule has 0 atom stereocenters. The summed E-state index contributed by atoms with van der Waals surface area (Å²) in [5, 5.41) is 5.37. The lowest BCUT2D eigenvalue weighted by molar-refractivity contribution is 0.0729. The van der Waals surface area contributed by atoms with Gasteiger partial charge in [0.05, 0.1) is 0 Å². The lowest BCUT2D eigenvalue weighted by Crippen LogP contribution is -2.38. The third kappa shape index (κ3) is 3.59. The first kappa shape index (κ1) is 19.1. The van der Waals surface area contributed by atoms with Crippen molar-refractivity contribution in [3.63, 3.8) is 0 Å². The molecule has 5 nitrogen and oxygen atoms in total. The number of amides is 1. The van der Waals surface area contributed by atoms with E-state index in [0.717, 1.165) is 43.7 Å². The summed E-state index contributed by atoms with van der Waals surface area (Å²) in [6.07, 6.45) is 2.78. The van der Waals surface area contributed by atoms with E-state index in [9.17, 15) is 9.59 Å². The van der Waals surface area contributed by atoms with Gasteiger partial charge in [0.2, 0.25) is 0 Å². The van der Waals surface area contributed by atoms with Crippen LogP contribution in [0.2, 0.25) is 0 Å². The monoisotopic (exact) mass is 394 g/mol. The fourth-order valence-electron chi connectivity index (χ4n) is 3.78. The molecule has 4 heterocycles. The van der Waals surface area contributed by atoms with Gasteiger partial charge in [-0.1, -0.05) is 0 Å². The van der Waals surface area contributed by atoms with Crippen molar-refractivity contribution in [3.05, 3.63) is 55.3 Å². The van der Waals surface area contributed by atoms with Crippen LogP contribution in [-0.4, -0.2) is 30.4 Å². The summed E-state index contributed by atoms with van der Waals surface area (Å²) in [5.74, 6) is 0.777. The minimum absolute atomic E-state index is 0. The van der Waals surface area contributed by atoms with Crippen molar-refractivity contribution < 1.29 is 9.21 Å². The Hall–Kier alpha value is -1.63. The molecule has 1 amide bonds. The van der Waals surface area contributed by atoms with Gasteiger partial charge < -0.3 is 14.6 Å². The van der Waals surface area contributed by atoms with Gasteiger partial charge in [-0.15, -0.1) is 23.7 Å². The zero-order valence-electron chi connectivity index (χ0n) is 14.7. The molecule has 2 aromatic rings. The third-order valence-electron chi connectivity index (χ3n) is 5.22. The summed E-state index contributed by atoms with van der Waals surface area (Å²) >= 11 is 1.74. The molecule has 2 aromatic heterocycles. The number of halogens is 1. The highest BCUT2D eigenvalue weighted by Crippen LogP contribution is 2.27. The first-order chi connectivity index (χ1) is 12.1. The van der Waals surface area contributed by atoms with Crippen LogP contribution in [-0.2, 0) is 13.0 Å². The number of hydrogen-bond donors (Lipinski definition) is 1. The summed E-state index contributed by atoms with van der Waals surface area (Å²) in [6.45, 7) is 4.94. The van der Waals surface area contributed by atoms with E-state index in [1.807, 2.05) is 13.0 Å². The normalized spacial score (nSPS) is 17.5. The quantitative estimate of drug-likeness (QED) is 0.850. The third-order valence-corrected chi connectivity index (χ3v) is 6.24. The summed E-state index contributed by atoms with van der Waals surface area (Å²) in [6, 6.07) is 3.96. The minimum Gasteiger partial charge on any atom is -0.427 e. The van der Waals surface area contributed by atoms with Crippen LogP contribution < -0.4 is 10.9 Å². The number of aryl methyl sites for hydroxylation is 1. The molecule has 0 aromatic carbocycles. The van der Waals surface area contributed by atoms with Gasteiger partial charge in [-0.3, -0.25) is 4.79 Å². The Morgan fingerprint density at radius 3 is 2.85 bits per heavy atom. The van der Waals surface area contributed by atoms with Crippen LogP contribution in [0.3, 0.4) is 0 Å². The molecule has 2 aliphatic rings.